The summed E-state index contributed by atoms with van der Waals surface area (Å²) < 4.78 is 27.8. The predicted molar refractivity (Wildman–Crippen MR) is 126 cm³/mol. The van der Waals surface area contributed by atoms with Gasteiger partial charge in [0.1, 0.15) is 10.7 Å². The monoisotopic (exact) mass is 463 g/mol. The lowest BCUT2D eigenvalue weighted by Crippen LogP contribution is -2.50. The van der Waals surface area contributed by atoms with Crippen molar-refractivity contribution in [1.29, 1.82) is 0 Å². The fraction of sp³-hybridized carbons (Fsp3) is 0.167. The number of carbonyl (C=O) groups excluding carboxylic acids is 1. The molecule has 0 N–H and O–H groups in total. The molecular formula is C24H21N3O3S2. The van der Waals surface area contributed by atoms with E-state index in [-0.39, 0.29) is 23.9 Å². The van der Waals surface area contributed by atoms with E-state index in [0.717, 1.165) is 21.3 Å². The average Bonchev–Trinajstić information content (AvgIpc) is 3.34. The Morgan fingerprint density at radius 2 is 1.53 bits per heavy atom. The fourth-order valence-corrected chi connectivity index (χ4v) is 6.11. The van der Waals surface area contributed by atoms with Crippen LogP contribution in [-0.4, -0.2) is 54.7 Å². The van der Waals surface area contributed by atoms with Gasteiger partial charge in [-0.15, -0.1) is 11.3 Å². The first kappa shape index (κ1) is 20.8. The van der Waals surface area contributed by atoms with Crippen LogP contribution in [0.2, 0.25) is 0 Å². The molecule has 2 heterocycles. The minimum Gasteiger partial charge on any atom is -0.335 e. The summed E-state index contributed by atoms with van der Waals surface area (Å²) in [6.45, 7) is 1.20. The molecule has 0 bridgehead atoms. The predicted octanol–water partition coefficient (Wildman–Crippen LogP) is 4.11. The van der Waals surface area contributed by atoms with Gasteiger partial charge in [0.2, 0.25) is 10.0 Å². The fourth-order valence-electron chi connectivity index (χ4n) is 3.86. The Bertz CT molecular complexity index is 1380. The molecule has 5 rings (SSSR count). The molecule has 0 atom stereocenters. The first-order chi connectivity index (χ1) is 15.5. The van der Waals surface area contributed by atoms with E-state index in [1.54, 1.807) is 22.4 Å². The van der Waals surface area contributed by atoms with Gasteiger partial charge in [-0.05, 0) is 22.9 Å². The van der Waals surface area contributed by atoms with E-state index in [9.17, 15) is 13.2 Å². The van der Waals surface area contributed by atoms with Crippen LogP contribution in [0.1, 0.15) is 10.5 Å². The van der Waals surface area contributed by atoms with Gasteiger partial charge in [0.05, 0.1) is 4.90 Å². The first-order valence-electron chi connectivity index (χ1n) is 10.3. The highest BCUT2D eigenvalue weighted by molar-refractivity contribution is 7.89. The van der Waals surface area contributed by atoms with Crippen LogP contribution >= 0.6 is 11.3 Å². The van der Waals surface area contributed by atoms with Gasteiger partial charge in [0.25, 0.3) is 5.91 Å². The lowest BCUT2D eigenvalue weighted by atomic mass is 10.1. The zero-order valence-corrected chi connectivity index (χ0v) is 18.8. The Labute approximate surface area is 190 Å². The lowest BCUT2D eigenvalue weighted by molar-refractivity contribution is 0.0693. The van der Waals surface area contributed by atoms with Gasteiger partial charge in [-0.1, -0.05) is 60.7 Å². The largest absolute Gasteiger partial charge is 0.335 e. The minimum atomic E-state index is -3.62. The van der Waals surface area contributed by atoms with Gasteiger partial charge in [-0.3, -0.25) is 4.79 Å². The summed E-state index contributed by atoms with van der Waals surface area (Å²) in [4.78, 5) is 19.4. The molecule has 8 heteroatoms. The third kappa shape index (κ3) is 3.92. The van der Waals surface area contributed by atoms with E-state index in [2.05, 4.69) is 4.98 Å². The van der Waals surface area contributed by atoms with Crippen molar-refractivity contribution < 1.29 is 13.2 Å². The second kappa shape index (κ2) is 8.46. The molecule has 0 radical (unpaired) electrons. The summed E-state index contributed by atoms with van der Waals surface area (Å²) >= 11 is 1.43. The molecule has 0 aliphatic carbocycles. The number of piperazine rings is 1. The van der Waals surface area contributed by atoms with Crippen molar-refractivity contribution in [2.24, 2.45) is 0 Å². The number of hydrogen-bond acceptors (Lipinski definition) is 5. The van der Waals surface area contributed by atoms with Gasteiger partial charge in [0, 0.05) is 37.1 Å². The number of carbonyl (C=O) groups is 1. The maximum absolute atomic E-state index is 13.1. The number of benzene rings is 3. The van der Waals surface area contributed by atoms with Crippen molar-refractivity contribution in [3.8, 4) is 10.6 Å². The van der Waals surface area contributed by atoms with E-state index >= 15 is 0 Å². The summed E-state index contributed by atoms with van der Waals surface area (Å²) in [6, 6.07) is 22.6. The topological polar surface area (TPSA) is 70.6 Å². The van der Waals surface area contributed by atoms with Crippen LogP contribution in [0.5, 0.6) is 0 Å². The number of sulfonamides is 1. The number of amides is 1. The van der Waals surface area contributed by atoms with Crippen LogP contribution in [0, 0.1) is 0 Å². The molecule has 1 amide bonds. The smallest absolute Gasteiger partial charge is 0.273 e. The van der Waals surface area contributed by atoms with E-state index in [1.807, 2.05) is 60.7 Å². The third-order valence-electron chi connectivity index (χ3n) is 5.63. The normalized spacial score (nSPS) is 15.2. The Kier molecular flexibility index (Phi) is 5.50. The number of thiazole rings is 1. The van der Waals surface area contributed by atoms with Crippen molar-refractivity contribution in [1.82, 2.24) is 14.2 Å². The SMILES string of the molecule is O=C(c1csc(-c2ccccc2)n1)N1CCN(S(=O)(=O)c2ccc3ccccc3c2)CC1. The van der Waals surface area contributed by atoms with Crippen molar-refractivity contribution in [3.05, 3.63) is 83.9 Å². The van der Waals surface area contributed by atoms with Gasteiger partial charge in [-0.25, -0.2) is 13.4 Å². The van der Waals surface area contributed by atoms with Crippen LogP contribution in [0.3, 0.4) is 0 Å². The molecule has 4 aromatic rings. The molecule has 0 saturated carbocycles. The molecule has 32 heavy (non-hydrogen) atoms. The Morgan fingerprint density at radius 1 is 0.844 bits per heavy atom. The molecule has 0 spiro atoms. The molecule has 162 valence electrons. The second-order valence-corrected chi connectivity index (χ2v) is 10.4. The van der Waals surface area contributed by atoms with Crippen molar-refractivity contribution in [2.75, 3.05) is 26.2 Å². The standard InChI is InChI=1S/C24H21N3O3S2/c28-24(22-17-31-23(25-22)19-7-2-1-3-8-19)26-12-14-27(15-13-26)32(29,30)21-11-10-18-6-4-5-9-20(18)16-21/h1-11,16-17H,12-15H2. The highest BCUT2D eigenvalue weighted by Crippen LogP contribution is 2.25. The van der Waals surface area contributed by atoms with Gasteiger partial charge in [0.15, 0.2) is 0 Å². The summed E-state index contributed by atoms with van der Waals surface area (Å²) in [5, 5.41) is 4.45. The zero-order valence-electron chi connectivity index (χ0n) is 17.2. The number of aromatic nitrogens is 1. The quantitative estimate of drug-likeness (QED) is 0.457. The highest BCUT2D eigenvalue weighted by Gasteiger charge is 2.31. The minimum absolute atomic E-state index is 0.161. The molecule has 0 unspecified atom stereocenters. The number of rotatable bonds is 4. The Balaban J connectivity index is 1.28. The molecule has 1 aliphatic rings. The van der Waals surface area contributed by atoms with Crippen molar-refractivity contribution >= 4 is 38.0 Å². The second-order valence-electron chi connectivity index (χ2n) is 7.61. The molecule has 3 aromatic carbocycles. The van der Waals surface area contributed by atoms with Crippen LogP contribution < -0.4 is 0 Å². The van der Waals surface area contributed by atoms with Crippen LogP contribution in [-0.2, 0) is 10.0 Å². The lowest BCUT2D eigenvalue weighted by Gasteiger charge is -2.33. The molecule has 1 saturated heterocycles. The zero-order chi connectivity index (χ0) is 22.1. The number of nitrogens with zero attached hydrogens (tertiary/aromatic N) is 3. The van der Waals surface area contributed by atoms with Crippen LogP contribution in [0.25, 0.3) is 21.3 Å². The number of fused-ring (bicyclic) bond motifs is 1. The van der Waals surface area contributed by atoms with Gasteiger partial charge < -0.3 is 4.90 Å². The van der Waals surface area contributed by atoms with E-state index < -0.39 is 10.0 Å². The third-order valence-corrected chi connectivity index (χ3v) is 8.41. The summed E-state index contributed by atoms with van der Waals surface area (Å²) in [6.07, 6.45) is 0. The Morgan fingerprint density at radius 3 is 2.28 bits per heavy atom. The van der Waals surface area contributed by atoms with Gasteiger partial charge >= 0.3 is 0 Å². The van der Waals surface area contributed by atoms with E-state index in [4.69, 9.17) is 0 Å². The summed E-state index contributed by atoms with van der Waals surface area (Å²) in [7, 11) is -3.62. The molecular weight excluding hydrogens is 442 g/mol. The highest BCUT2D eigenvalue weighted by atomic mass is 32.2. The van der Waals surface area contributed by atoms with E-state index in [1.165, 1.54) is 15.6 Å². The van der Waals surface area contributed by atoms with Crippen molar-refractivity contribution in [2.45, 2.75) is 4.90 Å². The van der Waals surface area contributed by atoms with Crippen molar-refractivity contribution in [3.63, 3.8) is 0 Å². The molecule has 1 aliphatic heterocycles. The maximum Gasteiger partial charge on any atom is 0.273 e. The molecule has 6 nitrogen and oxygen atoms in total. The van der Waals surface area contributed by atoms with E-state index in [0.29, 0.717) is 18.8 Å². The molecule has 1 fully saturated rings. The average molecular weight is 464 g/mol. The van der Waals surface area contributed by atoms with Crippen LogP contribution in [0.4, 0.5) is 0 Å². The maximum atomic E-state index is 13.1. The van der Waals surface area contributed by atoms with Gasteiger partial charge in [-0.2, -0.15) is 4.31 Å². The van der Waals surface area contributed by atoms with Crippen LogP contribution in [0.15, 0.2) is 83.1 Å². The molecule has 1 aromatic heterocycles. The first-order valence-corrected chi connectivity index (χ1v) is 12.6. The summed E-state index contributed by atoms with van der Waals surface area (Å²) in [5.74, 6) is -0.161. The number of hydrogen-bond donors (Lipinski definition) is 0. The summed E-state index contributed by atoms with van der Waals surface area (Å²) in [5.41, 5.74) is 1.38. The Hall–Kier alpha value is -3.07.